The molecule has 1 aliphatic rings. The monoisotopic (exact) mass is 229 g/mol. The van der Waals surface area contributed by atoms with Crippen molar-refractivity contribution in [2.45, 2.75) is 58.8 Å². The highest BCUT2D eigenvalue weighted by Gasteiger charge is 2.33. The molecule has 0 amide bonds. The fourth-order valence-corrected chi connectivity index (χ4v) is 2.08. The minimum absolute atomic E-state index is 0.281. The zero-order valence-corrected chi connectivity index (χ0v) is 11.4. The molecule has 3 unspecified atom stereocenters. The van der Waals surface area contributed by atoms with Crippen molar-refractivity contribution in [3.63, 3.8) is 0 Å². The van der Waals surface area contributed by atoms with Crippen molar-refractivity contribution in [3.8, 4) is 0 Å². The number of rotatable bonds is 4. The highest BCUT2D eigenvalue weighted by Crippen LogP contribution is 2.22. The number of aliphatic hydroxyl groups is 1. The van der Waals surface area contributed by atoms with E-state index in [2.05, 4.69) is 32.6 Å². The Morgan fingerprint density at radius 2 is 2.12 bits per heavy atom. The molecule has 1 aliphatic heterocycles. The lowest BCUT2D eigenvalue weighted by atomic mass is 9.91. The third-order valence-electron chi connectivity index (χ3n) is 3.82. The SMILES string of the molecule is CCC1COC(C)CN1CC(C)(O)C(C)C. The van der Waals surface area contributed by atoms with Crippen LogP contribution in [0.25, 0.3) is 0 Å². The largest absolute Gasteiger partial charge is 0.389 e. The molecule has 1 saturated heterocycles. The molecule has 3 atom stereocenters. The van der Waals surface area contributed by atoms with Crippen LogP contribution in [0.1, 0.15) is 41.0 Å². The first-order valence-electron chi connectivity index (χ1n) is 6.44. The van der Waals surface area contributed by atoms with Crippen molar-refractivity contribution in [1.82, 2.24) is 4.90 Å². The van der Waals surface area contributed by atoms with E-state index in [0.717, 1.165) is 26.1 Å². The van der Waals surface area contributed by atoms with Crippen LogP contribution in [0.2, 0.25) is 0 Å². The Morgan fingerprint density at radius 1 is 1.50 bits per heavy atom. The Morgan fingerprint density at radius 3 is 2.62 bits per heavy atom. The fourth-order valence-electron chi connectivity index (χ4n) is 2.08. The Balaban J connectivity index is 2.61. The summed E-state index contributed by atoms with van der Waals surface area (Å²) in [4.78, 5) is 2.38. The Hall–Kier alpha value is -0.120. The second-order valence-electron chi connectivity index (χ2n) is 5.65. The van der Waals surface area contributed by atoms with Gasteiger partial charge in [0.15, 0.2) is 0 Å². The molecule has 0 aromatic heterocycles. The van der Waals surface area contributed by atoms with Gasteiger partial charge in [0, 0.05) is 19.1 Å². The topological polar surface area (TPSA) is 32.7 Å². The van der Waals surface area contributed by atoms with Crippen LogP contribution in [0.4, 0.5) is 0 Å². The van der Waals surface area contributed by atoms with Crippen molar-refractivity contribution in [2.24, 2.45) is 5.92 Å². The second kappa shape index (κ2) is 5.48. The van der Waals surface area contributed by atoms with E-state index in [1.54, 1.807) is 0 Å². The summed E-state index contributed by atoms with van der Waals surface area (Å²) in [7, 11) is 0. The van der Waals surface area contributed by atoms with Gasteiger partial charge in [0.1, 0.15) is 0 Å². The Bertz CT molecular complexity index is 216. The lowest BCUT2D eigenvalue weighted by Crippen LogP contribution is -2.55. The predicted molar refractivity (Wildman–Crippen MR) is 66.5 cm³/mol. The lowest BCUT2D eigenvalue weighted by molar-refractivity contribution is -0.0951. The summed E-state index contributed by atoms with van der Waals surface area (Å²) in [6, 6.07) is 0.460. The molecule has 0 bridgehead atoms. The molecule has 1 N–H and O–H groups in total. The van der Waals surface area contributed by atoms with E-state index in [1.807, 2.05) is 6.92 Å². The number of hydrogen-bond acceptors (Lipinski definition) is 3. The standard InChI is InChI=1S/C13H27NO2/c1-6-12-8-16-11(4)7-14(12)9-13(5,15)10(2)3/h10-12,15H,6-9H2,1-5H3. The molecule has 3 heteroatoms. The molecule has 1 rings (SSSR count). The van der Waals surface area contributed by atoms with Gasteiger partial charge in [0.05, 0.1) is 18.3 Å². The molecule has 0 aromatic carbocycles. The molecule has 0 aliphatic carbocycles. The third kappa shape index (κ3) is 3.44. The van der Waals surface area contributed by atoms with E-state index in [9.17, 15) is 5.11 Å². The summed E-state index contributed by atoms with van der Waals surface area (Å²) in [5.41, 5.74) is -0.607. The molecule has 0 aromatic rings. The molecule has 96 valence electrons. The molecule has 0 saturated carbocycles. The van der Waals surface area contributed by atoms with Gasteiger partial charge in [-0.15, -0.1) is 0 Å². The van der Waals surface area contributed by atoms with Gasteiger partial charge in [-0.05, 0) is 26.2 Å². The predicted octanol–water partition coefficient (Wildman–Crippen LogP) is 1.89. The van der Waals surface area contributed by atoms with Gasteiger partial charge in [-0.25, -0.2) is 0 Å². The van der Waals surface area contributed by atoms with Crippen LogP contribution in [-0.4, -0.2) is 47.4 Å². The molecule has 3 nitrogen and oxygen atoms in total. The second-order valence-corrected chi connectivity index (χ2v) is 5.65. The normalized spacial score (nSPS) is 31.7. The van der Waals surface area contributed by atoms with E-state index in [1.165, 1.54) is 0 Å². The molecular weight excluding hydrogens is 202 g/mol. The summed E-state index contributed by atoms with van der Waals surface area (Å²) in [5.74, 6) is 0.281. The van der Waals surface area contributed by atoms with Crippen LogP contribution in [0, 0.1) is 5.92 Å². The van der Waals surface area contributed by atoms with Crippen molar-refractivity contribution >= 4 is 0 Å². The summed E-state index contributed by atoms with van der Waals surface area (Å²) < 4.78 is 5.66. The van der Waals surface area contributed by atoms with Crippen LogP contribution in [-0.2, 0) is 4.74 Å². The first-order chi connectivity index (χ1) is 7.36. The molecule has 1 heterocycles. The quantitative estimate of drug-likeness (QED) is 0.799. The molecule has 0 radical (unpaired) electrons. The van der Waals surface area contributed by atoms with Gasteiger partial charge in [-0.1, -0.05) is 20.8 Å². The van der Waals surface area contributed by atoms with Crippen molar-refractivity contribution < 1.29 is 9.84 Å². The van der Waals surface area contributed by atoms with Crippen LogP contribution in [0.3, 0.4) is 0 Å². The average molecular weight is 229 g/mol. The van der Waals surface area contributed by atoms with Crippen LogP contribution in [0.15, 0.2) is 0 Å². The van der Waals surface area contributed by atoms with E-state index in [-0.39, 0.29) is 12.0 Å². The Labute approximate surface area is 99.8 Å². The van der Waals surface area contributed by atoms with Gasteiger partial charge in [0.25, 0.3) is 0 Å². The van der Waals surface area contributed by atoms with Crippen molar-refractivity contribution in [2.75, 3.05) is 19.7 Å². The fraction of sp³-hybridized carbons (Fsp3) is 1.00. The van der Waals surface area contributed by atoms with Gasteiger partial charge < -0.3 is 9.84 Å². The number of hydrogen-bond donors (Lipinski definition) is 1. The van der Waals surface area contributed by atoms with Gasteiger partial charge >= 0.3 is 0 Å². The zero-order valence-electron chi connectivity index (χ0n) is 11.4. The van der Waals surface area contributed by atoms with Crippen LogP contribution >= 0.6 is 0 Å². The number of morpholine rings is 1. The number of β-amino-alcohol motifs (C(OH)–C–C–N with tert-alkyl or cyclic N) is 1. The zero-order chi connectivity index (χ0) is 12.3. The highest BCUT2D eigenvalue weighted by atomic mass is 16.5. The summed E-state index contributed by atoms with van der Waals surface area (Å²) >= 11 is 0. The van der Waals surface area contributed by atoms with E-state index >= 15 is 0 Å². The summed E-state index contributed by atoms with van der Waals surface area (Å²) in [6.45, 7) is 12.8. The first kappa shape index (κ1) is 13.9. The number of nitrogens with zero attached hydrogens (tertiary/aromatic N) is 1. The molecule has 16 heavy (non-hydrogen) atoms. The third-order valence-corrected chi connectivity index (χ3v) is 3.82. The molecule has 1 fully saturated rings. The van der Waals surface area contributed by atoms with Crippen molar-refractivity contribution in [1.29, 1.82) is 0 Å². The smallest absolute Gasteiger partial charge is 0.0768 e. The van der Waals surface area contributed by atoms with Gasteiger partial charge in [-0.2, -0.15) is 0 Å². The number of ether oxygens (including phenoxy) is 1. The maximum Gasteiger partial charge on any atom is 0.0768 e. The highest BCUT2D eigenvalue weighted by molar-refractivity contribution is 4.86. The maximum atomic E-state index is 10.4. The maximum absolute atomic E-state index is 10.4. The van der Waals surface area contributed by atoms with Crippen molar-refractivity contribution in [3.05, 3.63) is 0 Å². The van der Waals surface area contributed by atoms with E-state index in [4.69, 9.17) is 4.74 Å². The minimum Gasteiger partial charge on any atom is -0.389 e. The summed E-state index contributed by atoms with van der Waals surface area (Å²) in [6.07, 6.45) is 1.37. The average Bonchev–Trinajstić information content (AvgIpc) is 2.17. The minimum atomic E-state index is -0.607. The van der Waals surface area contributed by atoms with Gasteiger partial charge in [-0.3, -0.25) is 4.90 Å². The van der Waals surface area contributed by atoms with Gasteiger partial charge in [0.2, 0.25) is 0 Å². The Kier molecular flexibility index (Phi) is 4.77. The lowest BCUT2D eigenvalue weighted by Gasteiger charge is -2.42. The first-order valence-corrected chi connectivity index (χ1v) is 6.44. The summed E-state index contributed by atoms with van der Waals surface area (Å²) in [5, 5.41) is 10.4. The van der Waals surface area contributed by atoms with Crippen LogP contribution in [0.5, 0.6) is 0 Å². The van der Waals surface area contributed by atoms with E-state index in [0.29, 0.717) is 6.04 Å². The molecular formula is C13H27NO2. The van der Waals surface area contributed by atoms with E-state index < -0.39 is 5.60 Å². The molecule has 0 spiro atoms. The van der Waals surface area contributed by atoms with Crippen LogP contribution < -0.4 is 0 Å².